The predicted octanol–water partition coefficient (Wildman–Crippen LogP) is 4.08. The maximum atomic E-state index is 13.0. The second-order valence-corrected chi connectivity index (χ2v) is 7.44. The molecule has 1 amide bonds. The summed E-state index contributed by atoms with van der Waals surface area (Å²) in [5, 5.41) is 5.09. The number of benzene rings is 2. The van der Waals surface area contributed by atoms with E-state index in [-0.39, 0.29) is 24.6 Å². The van der Waals surface area contributed by atoms with Crippen LogP contribution in [0.3, 0.4) is 0 Å². The van der Waals surface area contributed by atoms with Crippen molar-refractivity contribution in [2.75, 3.05) is 18.5 Å². The first-order valence-corrected chi connectivity index (χ1v) is 9.94. The third kappa shape index (κ3) is 4.09. The minimum Gasteiger partial charge on any atom is -0.463 e. The van der Waals surface area contributed by atoms with Gasteiger partial charge in [-0.05, 0) is 37.1 Å². The van der Waals surface area contributed by atoms with Crippen LogP contribution in [0.4, 0.5) is 5.69 Å². The zero-order chi connectivity index (χ0) is 19.3. The van der Waals surface area contributed by atoms with Gasteiger partial charge in [0.2, 0.25) is 5.91 Å². The van der Waals surface area contributed by atoms with E-state index in [0.717, 1.165) is 35.9 Å². The van der Waals surface area contributed by atoms with Gasteiger partial charge < -0.3 is 14.8 Å². The van der Waals surface area contributed by atoms with Gasteiger partial charge in [-0.1, -0.05) is 48.6 Å². The van der Waals surface area contributed by atoms with E-state index in [9.17, 15) is 9.59 Å². The van der Waals surface area contributed by atoms with Gasteiger partial charge in [-0.2, -0.15) is 0 Å². The molecule has 1 heterocycles. The summed E-state index contributed by atoms with van der Waals surface area (Å²) in [5.41, 5.74) is 0.768. The molecule has 1 saturated heterocycles. The molecule has 3 unspecified atom stereocenters. The van der Waals surface area contributed by atoms with Crippen LogP contribution >= 0.6 is 0 Å². The fourth-order valence-corrected chi connectivity index (χ4v) is 3.98. The Morgan fingerprint density at radius 3 is 2.64 bits per heavy atom. The third-order valence-electron chi connectivity index (χ3n) is 5.55. The number of amides is 1. The van der Waals surface area contributed by atoms with Crippen molar-refractivity contribution >= 4 is 28.3 Å². The summed E-state index contributed by atoms with van der Waals surface area (Å²) in [6.07, 6.45) is 6.91. The Balaban J connectivity index is 1.45. The van der Waals surface area contributed by atoms with Crippen molar-refractivity contribution in [1.82, 2.24) is 0 Å². The highest BCUT2D eigenvalue weighted by molar-refractivity contribution is 6.03. The molecule has 28 heavy (non-hydrogen) atoms. The Morgan fingerprint density at radius 2 is 1.82 bits per heavy atom. The van der Waals surface area contributed by atoms with Gasteiger partial charge in [-0.25, -0.2) is 0 Å². The summed E-state index contributed by atoms with van der Waals surface area (Å²) in [7, 11) is 0. The Morgan fingerprint density at radius 1 is 1.04 bits per heavy atom. The summed E-state index contributed by atoms with van der Waals surface area (Å²) >= 11 is 0. The van der Waals surface area contributed by atoms with E-state index in [1.54, 1.807) is 0 Å². The topological polar surface area (TPSA) is 64.6 Å². The van der Waals surface area contributed by atoms with Crippen LogP contribution in [0.1, 0.15) is 25.7 Å². The van der Waals surface area contributed by atoms with Gasteiger partial charge in [0.05, 0.1) is 17.9 Å². The normalized spacial score (nSPS) is 24.2. The highest BCUT2D eigenvalue weighted by Crippen LogP contribution is 2.30. The number of nitrogens with one attached hydrogen (secondary N) is 1. The molecule has 1 N–H and O–H groups in total. The van der Waals surface area contributed by atoms with Gasteiger partial charge in [-0.3, -0.25) is 9.59 Å². The van der Waals surface area contributed by atoms with E-state index < -0.39 is 11.8 Å². The van der Waals surface area contributed by atoms with Crippen molar-refractivity contribution in [2.45, 2.75) is 31.8 Å². The molecule has 2 aromatic carbocycles. The van der Waals surface area contributed by atoms with Gasteiger partial charge in [0.15, 0.2) is 0 Å². The average molecular weight is 379 g/mol. The maximum Gasteiger partial charge on any atom is 0.310 e. The molecular weight excluding hydrogens is 354 g/mol. The summed E-state index contributed by atoms with van der Waals surface area (Å²) < 4.78 is 11.0. The minimum atomic E-state index is -0.457. The number of esters is 1. The Labute approximate surface area is 164 Å². The standard InChI is InChI=1S/C23H25NO4/c25-22(24-21-13-5-8-16-7-1-2-10-18(16)21)19-11-3-4-12-20(19)23(26)28-15-17-9-6-14-27-17/h1-5,7-8,10,13,17,19-20H,6,9,11-12,14-15H2,(H,24,25). The van der Waals surface area contributed by atoms with Crippen molar-refractivity contribution < 1.29 is 19.1 Å². The molecule has 0 bridgehead atoms. The van der Waals surface area contributed by atoms with Crippen LogP contribution in [0, 0.1) is 11.8 Å². The van der Waals surface area contributed by atoms with Crippen LogP contribution in [0.2, 0.25) is 0 Å². The molecule has 2 aliphatic rings. The van der Waals surface area contributed by atoms with E-state index in [4.69, 9.17) is 9.47 Å². The van der Waals surface area contributed by atoms with Gasteiger partial charge in [0, 0.05) is 17.7 Å². The summed E-state index contributed by atoms with van der Waals surface area (Å²) in [6.45, 7) is 1.00. The monoisotopic (exact) mass is 379 g/mol. The SMILES string of the molecule is O=C(Nc1cccc2ccccc12)C1CC=CCC1C(=O)OCC1CCCO1. The molecule has 4 rings (SSSR count). The van der Waals surface area contributed by atoms with E-state index >= 15 is 0 Å². The van der Waals surface area contributed by atoms with Crippen molar-refractivity contribution in [3.63, 3.8) is 0 Å². The second-order valence-electron chi connectivity index (χ2n) is 7.44. The van der Waals surface area contributed by atoms with E-state index in [1.165, 1.54) is 0 Å². The molecule has 3 atom stereocenters. The lowest BCUT2D eigenvalue weighted by Crippen LogP contribution is -2.36. The van der Waals surface area contributed by atoms with Crippen molar-refractivity contribution in [2.24, 2.45) is 11.8 Å². The van der Waals surface area contributed by atoms with Gasteiger partial charge in [0.1, 0.15) is 6.61 Å². The lowest BCUT2D eigenvalue weighted by Gasteiger charge is -2.26. The molecule has 1 aliphatic heterocycles. The van der Waals surface area contributed by atoms with E-state index in [1.807, 2.05) is 54.6 Å². The number of allylic oxidation sites excluding steroid dienone is 2. The number of anilines is 1. The molecule has 0 spiro atoms. The minimum absolute atomic E-state index is 0.00829. The first-order valence-electron chi connectivity index (χ1n) is 9.94. The lowest BCUT2D eigenvalue weighted by atomic mass is 9.82. The zero-order valence-electron chi connectivity index (χ0n) is 15.8. The van der Waals surface area contributed by atoms with Crippen LogP contribution in [-0.2, 0) is 19.1 Å². The molecular formula is C23H25NO4. The Hall–Kier alpha value is -2.66. The summed E-state index contributed by atoms with van der Waals surface area (Å²) in [6, 6.07) is 13.8. The number of carbonyl (C=O) groups excluding carboxylic acids is 2. The molecule has 1 aliphatic carbocycles. The van der Waals surface area contributed by atoms with Crippen molar-refractivity contribution in [1.29, 1.82) is 0 Å². The smallest absolute Gasteiger partial charge is 0.310 e. The number of fused-ring (bicyclic) bond motifs is 1. The van der Waals surface area contributed by atoms with Crippen molar-refractivity contribution in [3.8, 4) is 0 Å². The highest BCUT2D eigenvalue weighted by Gasteiger charge is 2.35. The fraction of sp³-hybridized carbons (Fsp3) is 0.391. The molecule has 146 valence electrons. The van der Waals surface area contributed by atoms with Gasteiger partial charge in [0.25, 0.3) is 0 Å². The Kier molecular flexibility index (Phi) is 5.72. The number of hydrogen-bond acceptors (Lipinski definition) is 4. The zero-order valence-corrected chi connectivity index (χ0v) is 15.8. The molecule has 0 radical (unpaired) electrons. The molecule has 2 aromatic rings. The third-order valence-corrected chi connectivity index (χ3v) is 5.55. The van der Waals surface area contributed by atoms with Crippen molar-refractivity contribution in [3.05, 3.63) is 54.6 Å². The fourth-order valence-electron chi connectivity index (χ4n) is 3.98. The van der Waals surface area contributed by atoms with Crippen LogP contribution < -0.4 is 5.32 Å². The first kappa shape index (κ1) is 18.7. The number of rotatable bonds is 5. The van der Waals surface area contributed by atoms with E-state index in [2.05, 4.69) is 5.32 Å². The second kappa shape index (κ2) is 8.57. The van der Waals surface area contributed by atoms with Crippen LogP contribution in [0.5, 0.6) is 0 Å². The van der Waals surface area contributed by atoms with Gasteiger partial charge in [-0.15, -0.1) is 0 Å². The number of hydrogen-bond donors (Lipinski definition) is 1. The van der Waals surface area contributed by atoms with Crippen LogP contribution in [0.15, 0.2) is 54.6 Å². The van der Waals surface area contributed by atoms with Crippen LogP contribution in [-0.4, -0.2) is 31.2 Å². The molecule has 1 fully saturated rings. The largest absolute Gasteiger partial charge is 0.463 e. The van der Waals surface area contributed by atoms with E-state index in [0.29, 0.717) is 12.8 Å². The summed E-state index contributed by atoms with van der Waals surface area (Å²) in [5.74, 6) is -1.33. The lowest BCUT2D eigenvalue weighted by molar-refractivity contribution is -0.155. The first-order chi connectivity index (χ1) is 13.7. The molecule has 0 saturated carbocycles. The van der Waals surface area contributed by atoms with Crippen LogP contribution in [0.25, 0.3) is 10.8 Å². The van der Waals surface area contributed by atoms with Gasteiger partial charge >= 0.3 is 5.97 Å². The average Bonchev–Trinajstić information content (AvgIpc) is 3.26. The maximum absolute atomic E-state index is 13.0. The quantitative estimate of drug-likeness (QED) is 0.628. The molecule has 0 aromatic heterocycles. The summed E-state index contributed by atoms with van der Waals surface area (Å²) in [4.78, 5) is 25.7. The number of carbonyl (C=O) groups is 2. The molecule has 5 nitrogen and oxygen atoms in total. The predicted molar refractivity (Wildman–Crippen MR) is 108 cm³/mol. The Bertz CT molecular complexity index is 880. The highest BCUT2D eigenvalue weighted by atomic mass is 16.6. The molecule has 5 heteroatoms. The number of ether oxygens (including phenoxy) is 2.